The highest BCUT2D eigenvalue weighted by Crippen LogP contribution is 2.50. The van der Waals surface area contributed by atoms with Gasteiger partial charge in [0.2, 0.25) is 11.8 Å². The number of amides is 6. The monoisotopic (exact) mass is 2010 g/mol. The van der Waals surface area contributed by atoms with Crippen LogP contribution in [-0.2, 0) is 66.2 Å². The minimum Gasteiger partial charge on any atom is -0.508 e. The van der Waals surface area contributed by atoms with Gasteiger partial charge in [0.25, 0.3) is 23.6 Å². The van der Waals surface area contributed by atoms with Crippen LogP contribution in [0.4, 0.5) is 0 Å². The Labute approximate surface area is 858 Å². The second-order valence-electron chi connectivity index (χ2n) is 40.0. The third kappa shape index (κ3) is 26.1. The molecular formula is C114H140N14O19. The number of hydrogen-bond acceptors (Lipinski definition) is 27. The van der Waals surface area contributed by atoms with Crippen molar-refractivity contribution in [3.8, 4) is 136 Å². The molecule has 8 heterocycles. The number of nitrogens with zero attached hydrogens (tertiary/aromatic N) is 9. The first-order valence-electron chi connectivity index (χ1n) is 50.9. The fourth-order valence-electron chi connectivity index (χ4n) is 19.2. The summed E-state index contributed by atoms with van der Waals surface area (Å²) in [7, 11) is 3.51. The van der Waals surface area contributed by atoms with E-state index in [1.807, 2.05) is 126 Å². The number of carbonyl (C=O) groups is 7. The maximum absolute atomic E-state index is 12.9. The van der Waals surface area contributed by atoms with E-state index < -0.39 is 0 Å². The van der Waals surface area contributed by atoms with Crippen molar-refractivity contribution in [3.05, 3.63) is 211 Å². The van der Waals surface area contributed by atoms with E-state index in [1.54, 1.807) is 50.2 Å². The molecule has 0 saturated heterocycles. The van der Waals surface area contributed by atoms with Crippen LogP contribution in [0.15, 0.2) is 139 Å². The quantitative estimate of drug-likeness (QED) is 0.0174. The van der Waals surface area contributed by atoms with E-state index in [-0.39, 0.29) is 151 Å². The van der Waals surface area contributed by atoms with E-state index in [9.17, 15) is 74.4 Å². The number of aromatic nitrogens is 4. The van der Waals surface area contributed by atoms with Gasteiger partial charge in [0.15, 0.2) is 45.8 Å². The Morgan fingerprint density at radius 2 is 0.626 bits per heavy atom. The molecular weight excluding hydrogens is 1870 g/mol. The number of hydrogen-bond donors (Lipinski definition) is 13. The van der Waals surface area contributed by atoms with Crippen LogP contribution in [0, 0.1) is 5.92 Å². The second-order valence-corrected chi connectivity index (χ2v) is 40.0. The predicted molar refractivity (Wildman–Crippen MR) is 564 cm³/mol. The summed E-state index contributed by atoms with van der Waals surface area (Å²) in [5.41, 5.74) is 19.4. The van der Waals surface area contributed by atoms with Crippen molar-refractivity contribution in [2.75, 3.05) is 99.2 Å². The average molecular weight is 2010 g/mol. The summed E-state index contributed by atoms with van der Waals surface area (Å²) in [4.78, 5) is 97.1. The number of ketones is 1. The molecule has 12 aromatic rings. The van der Waals surface area contributed by atoms with Crippen molar-refractivity contribution in [1.82, 2.24) is 71.7 Å². The number of unbranched alkanes of at least 4 members (excludes halogenated alkanes) is 1. The minimum atomic E-state index is -0.374. The van der Waals surface area contributed by atoms with Crippen LogP contribution in [0.3, 0.4) is 0 Å². The molecule has 0 atom stereocenters. The van der Waals surface area contributed by atoms with E-state index in [0.29, 0.717) is 131 Å². The van der Waals surface area contributed by atoms with E-state index in [1.165, 1.54) is 64.6 Å². The zero-order chi connectivity index (χ0) is 106. The first-order chi connectivity index (χ1) is 70.2. The zero-order valence-corrected chi connectivity index (χ0v) is 87.5. The van der Waals surface area contributed by atoms with Gasteiger partial charge in [-0.1, -0.05) is 163 Å². The van der Waals surface area contributed by atoms with Gasteiger partial charge in [0.1, 0.15) is 51.8 Å². The number of likely N-dealkylation sites (N-methyl/N-ethyl adjacent to an activating group) is 1. The van der Waals surface area contributed by atoms with Crippen LogP contribution in [-0.4, -0.2) is 226 Å². The smallest absolute Gasteiger partial charge is 0.274 e. The molecule has 33 nitrogen and oxygen atoms in total. The maximum Gasteiger partial charge on any atom is 0.274 e. The molecule has 4 aliphatic rings. The highest BCUT2D eigenvalue weighted by molar-refractivity contribution is 6.06. The molecule has 4 aromatic heterocycles. The van der Waals surface area contributed by atoms with Crippen LogP contribution in [0.5, 0.6) is 46.0 Å². The minimum absolute atomic E-state index is 0.000324. The van der Waals surface area contributed by atoms with E-state index in [4.69, 9.17) is 18.1 Å². The Bertz CT molecular complexity index is 6800. The molecule has 4 aliphatic heterocycles. The number of phenols is 8. The lowest BCUT2D eigenvalue weighted by molar-refractivity contribution is -0.130. The molecule has 0 fully saturated rings. The molecule has 33 heteroatoms. The number of rotatable bonds is 32. The van der Waals surface area contributed by atoms with E-state index >= 15 is 0 Å². The summed E-state index contributed by atoms with van der Waals surface area (Å²) in [5.74, 6) is 0.0460. The van der Waals surface area contributed by atoms with Gasteiger partial charge in [0.05, 0.1) is 51.1 Å². The molecule has 0 saturated carbocycles. The van der Waals surface area contributed by atoms with Crippen molar-refractivity contribution in [2.24, 2.45) is 5.92 Å². The largest absolute Gasteiger partial charge is 0.508 e. The van der Waals surface area contributed by atoms with Gasteiger partial charge < -0.3 is 95.2 Å². The SMILES string of the molecule is CCNC(=O)c1noc(-c2cc(C(C)C)c(O)cc2O)c1-c1ccc2c(c1)CCN(CC(=O)N(C)C)C2.CCNC(=O)c1noc(-c2cc(C(C)C)c(O)cc2O)c1-c1ccc2c(c1)CCN(CC(C)C)C2.CCNC(=O)c1noc(-c2cc(C(C)C)c(O)cc2O)c1-c1ccc2c(c1)CCN(CCCCC(C)=O)C2.CCNC(=O)c1noc(-c2cc(C(C)C)c(O)cc2O)c1-c1ccc2c(c1)CCN(CCNC(C)=O)C2. The second kappa shape index (κ2) is 49.0. The Kier molecular flexibility index (Phi) is 36.5. The third-order valence-electron chi connectivity index (χ3n) is 26.9. The molecule has 0 unspecified atom stereocenters. The number of aromatic hydroxyl groups is 8. The van der Waals surface area contributed by atoms with Crippen molar-refractivity contribution in [2.45, 2.75) is 206 Å². The van der Waals surface area contributed by atoms with Crippen LogP contribution in [0.25, 0.3) is 89.8 Å². The fourth-order valence-corrected chi connectivity index (χ4v) is 19.2. The molecule has 147 heavy (non-hydrogen) atoms. The number of Topliss-reactive ketones (excluding diaryl/α,β-unsaturated/α-hetero) is 1. The van der Waals surface area contributed by atoms with Gasteiger partial charge in [-0.15, -0.1) is 0 Å². The van der Waals surface area contributed by atoms with Gasteiger partial charge in [-0.2, -0.15) is 0 Å². The van der Waals surface area contributed by atoms with Crippen LogP contribution >= 0.6 is 0 Å². The molecule has 780 valence electrons. The highest BCUT2D eigenvalue weighted by Gasteiger charge is 2.36. The lowest BCUT2D eigenvalue weighted by Crippen LogP contribution is -2.39. The lowest BCUT2D eigenvalue weighted by atomic mass is 9.91. The van der Waals surface area contributed by atoms with Crippen molar-refractivity contribution < 1.29 is 92.5 Å². The number of carbonyl (C=O) groups excluding carboxylic acids is 7. The topological polar surface area (TPSA) is 462 Å². The first-order valence-corrected chi connectivity index (χ1v) is 50.9. The van der Waals surface area contributed by atoms with Gasteiger partial charge in [0, 0.05) is 150 Å². The number of fused-ring (bicyclic) bond motifs is 4. The van der Waals surface area contributed by atoms with Crippen molar-refractivity contribution >= 4 is 41.2 Å². The first kappa shape index (κ1) is 110. The summed E-state index contributed by atoms with van der Waals surface area (Å²) >= 11 is 0. The molecule has 16 rings (SSSR count). The van der Waals surface area contributed by atoms with Crippen molar-refractivity contribution in [3.63, 3.8) is 0 Å². The lowest BCUT2D eigenvalue weighted by Gasteiger charge is -2.30. The van der Waals surface area contributed by atoms with Crippen LogP contribution < -0.4 is 26.6 Å². The van der Waals surface area contributed by atoms with Crippen LogP contribution in [0.1, 0.15) is 262 Å². The Balaban J connectivity index is 0.000000164. The molecule has 0 radical (unpaired) electrons. The molecule has 8 aromatic carbocycles. The molecule has 0 aliphatic carbocycles. The van der Waals surface area contributed by atoms with Gasteiger partial charge in [-0.25, -0.2) is 0 Å². The number of benzene rings is 8. The summed E-state index contributed by atoms with van der Waals surface area (Å²) < 4.78 is 22.8. The Hall–Kier alpha value is -14.7. The Morgan fingerprint density at radius 1 is 0.347 bits per heavy atom. The number of nitrogens with one attached hydrogen (secondary N) is 5. The van der Waals surface area contributed by atoms with Crippen LogP contribution in [0.2, 0.25) is 0 Å². The zero-order valence-electron chi connectivity index (χ0n) is 87.5. The average Bonchev–Trinajstić information content (AvgIpc) is 1.66. The summed E-state index contributed by atoms with van der Waals surface area (Å²) in [6.07, 6.45) is 5.92. The summed E-state index contributed by atoms with van der Waals surface area (Å²) in [5, 5.41) is 115. The fraction of sp³-hybridized carbons (Fsp3) is 0.412. The normalized spacial score (nSPS) is 13.6. The van der Waals surface area contributed by atoms with Crippen molar-refractivity contribution in [1.29, 1.82) is 0 Å². The predicted octanol–water partition coefficient (Wildman–Crippen LogP) is 18.2. The number of phenolic OH excluding ortho intramolecular Hbond substituents is 8. The van der Waals surface area contributed by atoms with Gasteiger partial charge >= 0.3 is 0 Å². The summed E-state index contributed by atoms with van der Waals surface area (Å²) in [6.45, 7) is 42.8. The molecule has 13 N–H and O–H groups in total. The van der Waals surface area contributed by atoms with E-state index in [0.717, 1.165) is 137 Å². The molecule has 0 spiro atoms. The van der Waals surface area contributed by atoms with Gasteiger partial charge in [-0.3, -0.25) is 48.4 Å². The summed E-state index contributed by atoms with van der Waals surface area (Å²) in [6, 6.07) is 36.3. The van der Waals surface area contributed by atoms with E-state index in [2.05, 4.69) is 111 Å². The Morgan fingerprint density at radius 3 is 0.898 bits per heavy atom. The standard InChI is InChI=1S/C30H37N3O5.2C28H34N4O5.C28H35N3O4/c1-5-31-30(37)28-27(29(38-32-28)24-15-23(18(2)3)25(35)16-26(24)36)21-9-10-22-17-33(13-11-20(22)14-21)12-7-6-8-19(4)34;1-6-29-28(36)26-25(27(37-30-26)21-12-20(16(2)3)22(33)13-23(21)34)18-7-8-19-14-32(10-9-17(19)11-18)15-24(35)31(4)5;1-5-29-28(36)26-25(27(37-31-26)22-13-21(16(2)3)23(34)14-24(22)35)19-6-7-20-15-32(10-8-18(20)12-19)11-9-30-17(4)33;1-6-29-28(34)26-25(19-7-8-20-15-31(14-16(2)3)10-9-18(20)11-19)27(35-30-26)22-12-21(17(4)5)23(32)13-24(22)33/h9-10,14-16,18,35-36H,5-8,11-13,17H2,1-4H3,(H,31,37);7-8,11-13,16,33-34H,6,9-10,14-15H2,1-5H3,(H,29,36);6-7,12-14,16,34-35H,5,8-11,15H2,1-4H3,(H,29,36)(H,30,33);7-8,11-13,16-17,32-33H,6,9-10,14-15H2,1-5H3,(H,29,34). The van der Waals surface area contributed by atoms with Gasteiger partial charge in [-0.05, 0) is 223 Å². The highest BCUT2D eigenvalue weighted by atomic mass is 16.5. The third-order valence-corrected chi connectivity index (χ3v) is 26.9. The molecule has 6 amide bonds. The molecule has 0 bridgehead atoms. The maximum atomic E-state index is 12.9.